The third-order valence-electron chi connectivity index (χ3n) is 1.71. The Labute approximate surface area is 92.2 Å². The molecule has 2 N–H and O–H groups in total. The summed E-state index contributed by atoms with van der Waals surface area (Å²) in [6.07, 6.45) is -0.480. The fourth-order valence-electron chi connectivity index (χ4n) is 1.04. The summed E-state index contributed by atoms with van der Waals surface area (Å²) in [6, 6.07) is 7.57. The molecule has 0 aliphatic rings. The summed E-state index contributed by atoms with van der Waals surface area (Å²) in [5, 5.41) is 12.3. The standard InChI is InChI=1S/C10H14BrNO2/c1-12-6-8(13)7-14-10-5-3-2-4-9(10)11/h2-5,8,12-13H,6-7H2,1H3. The highest BCUT2D eigenvalue weighted by Gasteiger charge is 2.05. The number of hydrogen-bond donors (Lipinski definition) is 2. The van der Waals surface area contributed by atoms with E-state index in [0.717, 1.165) is 10.2 Å². The molecule has 0 spiro atoms. The zero-order valence-corrected chi connectivity index (χ0v) is 9.62. The van der Waals surface area contributed by atoms with Crippen molar-refractivity contribution in [2.45, 2.75) is 6.10 Å². The Morgan fingerprint density at radius 1 is 1.50 bits per heavy atom. The number of ether oxygens (including phenoxy) is 1. The molecule has 0 fully saturated rings. The highest BCUT2D eigenvalue weighted by atomic mass is 79.9. The molecule has 1 rings (SSSR count). The van der Waals surface area contributed by atoms with Crippen LogP contribution in [0.15, 0.2) is 28.7 Å². The molecule has 1 aromatic carbocycles. The Balaban J connectivity index is 2.41. The quantitative estimate of drug-likeness (QED) is 0.841. The van der Waals surface area contributed by atoms with Gasteiger partial charge in [0.05, 0.1) is 4.47 Å². The number of rotatable bonds is 5. The van der Waals surface area contributed by atoms with Gasteiger partial charge < -0.3 is 15.2 Å². The Kier molecular flexibility index (Phi) is 4.93. The Morgan fingerprint density at radius 2 is 2.21 bits per heavy atom. The van der Waals surface area contributed by atoms with Gasteiger partial charge in [-0.15, -0.1) is 0 Å². The summed E-state index contributed by atoms with van der Waals surface area (Å²) in [4.78, 5) is 0. The summed E-state index contributed by atoms with van der Waals surface area (Å²) in [5.41, 5.74) is 0. The van der Waals surface area contributed by atoms with E-state index in [9.17, 15) is 5.11 Å². The lowest BCUT2D eigenvalue weighted by Gasteiger charge is -2.12. The van der Waals surface area contributed by atoms with Crippen LogP contribution in [0.3, 0.4) is 0 Å². The van der Waals surface area contributed by atoms with E-state index in [1.807, 2.05) is 24.3 Å². The number of para-hydroxylation sites is 1. The molecule has 3 nitrogen and oxygen atoms in total. The second-order valence-corrected chi connectivity index (χ2v) is 3.81. The predicted molar refractivity (Wildman–Crippen MR) is 59.6 cm³/mol. The molecule has 0 radical (unpaired) electrons. The Morgan fingerprint density at radius 3 is 2.86 bits per heavy atom. The van der Waals surface area contributed by atoms with E-state index >= 15 is 0 Å². The third-order valence-corrected chi connectivity index (χ3v) is 2.36. The zero-order chi connectivity index (χ0) is 10.4. The number of aliphatic hydroxyl groups is 1. The van der Waals surface area contributed by atoms with Crippen LogP contribution < -0.4 is 10.1 Å². The molecular formula is C10H14BrNO2. The summed E-state index contributed by atoms with van der Waals surface area (Å²) >= 11 is 3.36. The molecule has 0 aromatic heterocycles. The number of benzene rings is 1. The van der Waals surface area contributed by atoms with Crippen LogP contribution in [0.2, 0.25) is 0 Å². The van der Waals surface area contributed by atoms with E-state index in [4.69, 9.17) is 4.74 Å². The molecular weight excluding hydrogens is 246 g/mol. The van der Waals surface area contributed by atoms with Crippen molar-refractivity contribution in [2.24, 2.45) is 0 Å². The first-order valence-corrected chi connectivity index (χ1v) is 5.23. The molecule has 0 heterocycles. The smallest absolute Gasteiger partial charge is 0.133 e. The maximum Gasteiger partial charge on any atom is 0.133 e. The molecule has 78 valence electrons. The molecule has 4 heteroatoms. The summed E-state index contributed by atoms with van der Waals surface area (Å²) in [7, 11) is 1.79. The molecule has 0 bridgehead atoms. The van der Waals surface area contributed by atoms with Crippen LogP contribution in [-0.4, -0.2) is 31.4 Å². The number of nitrogens with one attached hydrogen (secondary N) is 1. The van der Waals surface area contributed by atoms with E-state index in [2.05, 4.69) is 21.2 Å². The SMILES string of the molecule is CNCC(O)COc1ccccc1Br. The average molecular weight is 260 g/mol. The molecule has 1 unspecified atom stereocenters. The van der Waals surface area contributed by atoms with Crippen molar-refractivity contribution in [1.82, 2.24) is 5.32 Å². The van der Waals surface area contributed by atoms with Crippen molar-refractivity contribution >= 4 is 15.9 Å². The number of likely N-dealkylation sites (N-methyl/N-ethyl adjacent to an activating group) is 1. The normalized spacial score (nSPS) is 12.5. The van der Waals surface area contributed by atoms with Crippen LogP contribution in [0.1, 0.15) is 0 Å². The molecule has 0 saturated heterocycles. The third kappa shape index (κ3) is 3.65. The van der Waals surface area contributed by atoms with Crippen LogP contribution in [0.25, 0.3) is 0 Å². The van der Waals surface area contributed by atoms with Gasteiger partial charge in [-0.05, 0) is 35.1 Å². The second-order valence-electron chi connectivity index (χ2n) is 2.95. The molecule has 0 aliphatic carbocycles. The van der Waals surface area contributed by atoms with Crippen molar-refractivity contribution in [2.75, 3.05) is 20.2 Å². The maximum absolute atomic E-state index is 9.40. The predicted octanol–water partition coefficient (Wildman–Crippen LogP) is 1.41. The molecule has 1 atom stereocenters. The van der Waals surface area contributed by atoms with Crippen LogP contribution in [-0.2, 0) is 0 Å². The lowest BCUT2D eigenvalue weighted by molar-refractivity contribution is 0.108. The van der Waals surface area contributed by atoms with Gasteiger partial charge in [-0.25, -0.2) is 0 Å². The fourth-order valence-corrected chi connectivity index (χ4v) is 1.44. The van der Waals surface area contributed by atoms with Gasteiger partial charge in [-0.2, -0.15) is 0 Å². The zero-order valence-electron chi connectivity index (χ0n) is 8.03. The monoisotopic (exact) mass is 259 g/mol. The second kappa shape index (κ2) is 6.01. The first-order chi connectivity index (χ1) is 6.74. The van der Waals surface area contributed by atoms with Gasteiger partial charge in [-0.1, -0.05) is 12.1 Å². The molecule has 0 aliphatic heterocycles. The topological polar surface area (TPSA) is 41.5 Å². The van der Waals surface area contributed by atoms with Gasteiger partial charge in [0, 0.05) is 6.54 Å². The largest absolute Gasteiger partial charge is 0.490 e. The van der Waals surface area contributed by atoms with Gasteiger partial charge in [0.15, 0.2) is 0 Å². The van der Waals surface area contributed by atoms with Crippen LogP contribution in [0.4, 0.5) is 0 Å². The van der Waals surface area contributed by atoms with Crippen LogP contribution >= 0.6 is 15.9 Å². The maximum atomic E-state index is 9.40. The van der Waals surface area contributed by atoms with Gasteiger partial charge in [-0.3, -0.25) is 0 Å². The van der Waals surface area contributed by atoms with E-state index < -0.39 is 6.10 Å². The lowest BCUT2D eigenvalue weighted by Crippen LogP contribution is -2.29. The highest BCUT2D eigenvalue weighted by molar-refractivity contribution is 9.10. The highest BCUT2D eigenvalue weighted by Crippen LogP contribution is 2.23. The van der Waals surface area contributed by atoms with E-state index in [0.29, 0.717) is 13.2 Å². The van der Waals surface area contributed by atoms with Gasteiger partial charge in [0.2, 0.25) is 0 Å². The van der Waals surface area contributed by atoms with E-state index in [-0.39, 0.29) is 0 Å². The lowest BCUT2D eigenvalue weighted by atomic mass is 10.3. The van der Waals surface area contributed by atoms with Crippen LogP contribution in [0.5, 0.6) is 5.75 Å². The molecule has 0 amide bonds. The average Bonchev–Trinajstić information content (AvgIpc) is 2.17. The van der Waals surface area contributed by atoms with Gasteiger partial charge in [0.1, 0.15) is 18.5 Å². The number of halogens is 1. The van der Waals surface area contributed by atoms with Crippen LogP contribution in [0, 0.1) is 0 Å². The van der Waals surface area contributed by atoms with Crippen molar-refractivity contribution in [3.8, 4) is 5.75 Å². The van der Waals surface area contributed by atoms with E-state index in [1.54, 1.807) is 7.05 Å². The minimum absolute atomic E-state index is 0.295. The first-order valence-electron chi connectivity index (χ1n) is 4.44. The summed E-state index contributed by atoms with van der Waals surface area (Å²) in [6.45, 7) is 0.827. The van der Waals surface area contributed by atoms with Gasteiger partial charge >= 0.3 is 0 Å². The van der Waals surface area contributed by atoms with Crippen molar-refractivity contribution in [3.63, 3.8) is 0 Å². The number of hydrogen-bond acceptors (Lipinski definition) is 3. The minimum Gasteiger partial charge on any atom is -0.490 e. The van der Waals surface area contributed by atoms with Gasteiger partial charge in [0.25, 0.3) is 0 Å². The van der Waals surface area contributed by atoms with Crippen molar-refractivity contribution in [3.05, 3.63) is 28.7 Å². The Bertz CT molecular complexity index is 281. The molecule has 14 heavy (non-hydrogen) atoms. The summed E-state index contributed by atoms with van der Waals surface area (Å²) in [5.74, 6) is 0.752. The van der Waals surface area contributed by atoms with Crippen molar-refractivity contribution < 1.29 is 9.84 Å². The fraction of sp³-hybridized carbons (Fsp3) is 0.400. The first kappa shape index (κ1) is 11.5. The minimum atomic E-state index is -0.480. The van der Waals surface area contributed by atoms with Crippen molar-refractivity contribution in [1.29, 1.82) is 0 Å². The molecule has 1 aromatic rings. The Hall–Kier alpha value is -0.580. The molecule has 0 saturated carbocycles. The number of aliphatic hydroxyl groups excluding tert-OH is 1. The van der Waals surface area contributed by atoms with E-state index in [1.165, 1.54) is 0 Å². The summed E-state index contributed by atoms with van der Waals surface area (Å²) < 4.78 is 6.31.